The highest BCUT2D eigenvalue weighted by Gasteiger charge is 2.45. The van der Waals surface area contributed by atoms with Gasteiger partial charge in [0.25, 0.3) is 0 Å². The van der Waals surface area contributed by atoms with Crippen molar-refractivity contribution in [3.05, 3.63) is 66.0 Å². The van der Waals surface area contributed by atoms with E-state index < -0.39 is 35.3 Å². The number of aromatic amines is 2. The van der Waals surface area contributed by atoms with Crippen LogP contribution in [-0.4, -0.2) is 32.9 Å². The van der Waals surface area contributed by atoms with Crippen molar-refractivity contribution in [1.82, 2.24) is 15.2 Å². The summed E-state index contributed by atoms with van der Waals surface area (Å²) < 4.78 is 37.0. The Morgan fingerprint density at radius 3 is 2.79 bits per heavy atom. The molecule has 2 atom stereocenters. The number of benzene rings is 2. The van der Waals surface area contributed by atoms with Crippen LogP contribution in [0.15, 0.2) is 48.8 Å². The van der Waals surface area contributed by atoms with Crippen molar-refractivity contribution in [2.45, 2.75) is 38.3 Å². The van der Waals surface area contributed by atoms with Gasteiger partial charge < -0.3 is 15.0 Å². The van der Waals surface area contributed by atoms with Crippen LogP contribution in [0, 0.1) is 11.6 Å². The number of hydrogen-bond donors (Lipinski definition) is 4. The molecule has 2 aromatic carbocycles. The fourth-order valence-electron chi connectivity index (χ4n) is 4.75. The predicted octanol–water partition coefficient (Wildman–Crippen LogP) is 5.76. The number of carbonyl (C=O) groups is 1. The van der Waals surface area contributed by atoms with Crippen LogP contribution < -0.4 is 10.6 Å². The first-order valence-electron chi connectivity index (χ1n) is 10.6. The molecule has 33 heavy (non-hydrogen) atoms. The lowest BCUT2D eigenvalue weighted by atomic mass is 9.77. The number of carbonyl (C=O) groups excluding carboxylic acids is 1. The van der Waals surface area contributed by atoms with Crippen molar-refractivity contribution >= 4 is 28.5 Å². The van der Waals surface area contributed by atoms with Gasteiger partial charge in [-0.1, -0.05) is 25.1 Å². The summed E-state index contributed by atoms with van der Waals surface area (Å²) in [5.74, 6) is -1.51. The van der Waals surface area contributed by atoms with E-state index in [1.54, 1.807) is 31.3 Å². The third-order valence-electron chi connectivity index (χ3n) is 6.16. The number of ether oxygens (including phenoxy) is 1. The molecule has 1 aliphatic rings. The van der Waals surface area contributed by atoms with E-state index in [1.807, 2.05) is 26.0 Å². The maximum absolute atomic E-state index is 16.0. The Balaban J connectivity index is 1.56. The molecule has 0 radical (unpaired) electrons. The Labute approximate surface area is 188 Å². The summed E-state index contributed by atoms with van der Waals surface area (Å²) in [5.41, 5.74) is 0.807. The molecule has 7 nitrogen and oxygen atoms in total. The van der Waals surface area contributed by atoms with Gasteiger partial charge in [-0.15, -0.1) is 0 Å². The molecule has 0 saturated carbocycles. The number of H-pyrrole nitrogens is 2. The van der Waals surface area contributed by atoms with Crippen LogP contribution in [0.4, 0.5) is 25.1 Å². The highest BCUT2D eigenvalue weighted by molar-refractivity contribution is 5.95. The number of hydrogen-bond acceptors (Lipinski definition) is 4. The second kappa shape index (κ2) is 7.61. The van der Waals surface area contributed by atoms with Crippen LogP contribution in [-0.2, 0) is 4.74 Å². The van der Waals surface area contributed by atoms with Crippen molar-refractivity contribution in [2.24, 2.45) is 0 Å². The number of rotatable bonds is 3. The average molecular weight is 451 g/mol. The zero-order chi connectivity index (χ0) is 23.3. The van der Waals surface area contributed by atoms with E-state index >= 15 is 8.78 Å². The number of nitrogens with one attached hydrogen (secondary N) is 4. The summed E-state index contributed by atoms with van der Waals surface area (Å²) in [6, 6.07) is 10.1. The molecule has 5 rings (SSSR count). The molecule has 0 unspecified atom stereocenters. The Morgan fingerprint density at radius 2 is 2.03 bits per heavy atom. The minimum Gasteiger partial charge on any atom is -0.443 e. The van der Waals surface area contributed by atoms with Gasteiger partial charge in [-0.3, -0.25) is 10.4 Å². The summed E-state index contributed by atoms with van der Waals surface area (Å²) in [5, 5.41) is 13.0. The monoisotopic (exact) mass is 451 g/mol. The zero-order valence-corrected chi connectivity index (χ0v) is 18.3. The van der Waals surface area contributed by atoms with Gasteiger partial charge in [0.1, 0.15) is 23.6 Å². The number of amides is 1. The number of halogens is 2. The predicted molar refractivity (Wildman–Crippen MR) is 122 cm³/mol. The number of anilines is 2. The van der Waals surface area contributed by atoms with Gasteiger partial charge in [0.15, 0.2) is 0 Å². The molecule has 9 heteroatoms. The fourth-order valence-corrected chi connectivity index (χ4v) is 4.75. The van der Waals surface area contributed by atoms with Gasteiger partial charge in [0.2, 0.25) is 0 Å². The molecule has 4 aromatic rings. The number of para-hydroxylation sites is 1. The first-order chi connectivity index (χ1) is 15.8. The second-order valence-corrected chi connectivity index (χ2v) is 8.81. The maximum atomic E-state index is 16.0. The fraction of sp³-hybridized carbons (Fsp3) is 0.250. The van der Waals surface area contributed by atoms with E-state index in [9.17, 15) is 4.79 Å². The highest BCUT2D eigenvalue weighted by atomic mass is 19.1. The summed E-state index contributed by atoms with van der Waals surface area (Å²) in [4.78, 5) is 15.6. The molecular weight excluding hydrogens is 428 g/mol. The van der Waals surface area contributed by atoms with E-state index in [-0.39, 0.29) is 11.1 Å². The lowest BCUT2D eigenvalue weighted by Crippen LogP contribution is -2.52. The molecule has 0 bridgehead atoms. The first kappa shape index (κ1) is 21.0. The third kappa shape index (κ3) is 3.49. The van der Waals surface area contributed by atoms with E-state index in [4.69, 9.17) is 4.74 Å². The Morgan fingerprint density at radius 1 is 1.21 bits per heavy atom. The average Bonchev–Trinajstić information content (AvgIpc) is 3.42. The number of nitrogens with zero attached hydrogens (tertiary/aromatic N) is 1. The normalized spacial score (nSPS) is 19.1. The lowest BCUT2D eigenvalue weighted by molar-refractivity contribution is 0.0560. The molecule has 0 spiro atoms. The molecule has 1 amide bonds. The number of fused-ring (bicyclic) bond motifs is 2. The molecule has 0 fully saturated rings. The largest absolute Gasteiger partial charge is 0.443 e. The quantitative estimate of drug-likeness (QED) is 0.318. The van der Waals surface area contributed by atoms with Gasteiger partial charge in [-0.05, 0) is 31.4 Å². The molecule has 0 saturated heterocycles. The molecule has 0 aliphatic carbocycles. The first-order valence-corrected chi connectivity index (χ1v) is 10.6. The van der Waals surface area contributed by atoms with Crippen LogP contribution in [0.5, 0.6) is 0 Å². The van der Waals surface area contributed by atoms with Crippen LogP contribution in [0.2, 0.25) is 0 Å². The second-order valence-electron chi connectivity index (χ2n) is 8.81. The molecule has 2 aromatic heterocycles. The zero-order valence-electron chi connectivity index (χ0n) is 18.3. The Hall–Kier alpha value is -3.88. The standard InChI is InChI=1S/C24H23F2N5O2/c1-12-18-16(30-24(2,3)22(12)33-23(32)29-17-8-10-28-31-17)11-15(25)19(20(18)26)14-6-4-5-13-7-9-27-21(13)14/h4-12,22,27,30H,1-3H3,(H2,28,29,31,32)/t12-,22+/m0/s1. The number of aromatic nitrogens is 3. The van der Waals surface area contributed by atoms with Crippen LogP contribution in [0.1, 0.15) is 32.3 Å². The maximum Gasteiger partial charge on any atom is 0.413 e. The minimum atomic E-state index is -0.780. The Kier molecular flexibility index (Phi) is 4.84. The third-order valence-corrected chi connectivity index (χ3v) is 6.16. The van der Waals surface area contributed by atoms with Crippen LogP contribution in [0.3, 0.4) is 0 Å². The molecular formula is C24H23F2N5O2. The summed E-state index contributed by atoms with van der Waals surface area (Å²) in [7, 11) is 0. The van der Waals surface area contributed by atoms with Crippen molar-refractivity contribution in [2.75, 3.05) is 10.6 Å². The van der Waals surface area contributed by atoms with Crippen molar-refractivity contribution < 1.29 is 18.3 Å². The molecule has 3 heterocycles. The van der Waals surface area contributed by atoms with Crippen molar-refractivity contribution in [3.63, 3.8) is 0 Å². The van der Waals surface area contributed by atoms with E-state index in [2.05, 4.69) is 25.8 Å². The summed E-state index contributed by atoms with van der Waals surface area (Å²) >= 11 is 0. The Bertz CT molecular complexity index is 1350. The SMILES string of the molecule is C[C@H]1c2c(cc(F)c(-c3cccc4cc[nH]c34)c2F)NC(C)(C)[C@@H]1OC(=O)Nc1ccn[nH]1. The van der Waals surface area contributed by atoms with Crippen molar-refractivity contribution in [3.8, 4) is 11.1 Å². The van der Waals surface area contributed by atoms with Crippen molar-refractivity contribution in [1.29, 1.82) is 0 Å². The molecule has 170 valence electrons. The molecule has 1 aliphatic heterocycles. The van der Waals surface area contributed by atoms with Crippen LogP contribution >= 0.6 is 0 Å². The van der Waals surface area contributed by atoms with Gasteiger partial charge in [0, 0.05) is 35.0 Å². The van der Waals surface area contributed by atoms with Gasteiger partial charge >= 0.3 is 6.09 Å². The van der Waals surface area contributed by atoms with Gasteiger partial charge in [0.05, 0.1) is 22.8 Å². The van der Waals surface area contributed by atoms with Gasteiger partial charge in [-0.2, -0.15) is 5.10 Å². The van der Waals surface area contributed by atoms with E-state index in [0.717, 1.165) is 5.39 Å². The smallest absolute Gasteiger partial charge is 0.413 e. The summed E-state index contributed by atoms with van der Waals surface area (Å²) in [6.07, 6.45) is 1.80. The lowest BCUT2D eigenvalue weighted by Gasteiger charge is -2.44. The topological polar surface area (TPSA) is 94.8 Å². The minimum absolute atomic E-state index is 0.115. The molecule has 4 N–H and O–H groups in total. The van der Waals surface area contributed by atoms with Crippen LogP contribution in [0.25, 0.3) is 22.0 Å². The highest BCUT2D eigenvalue weighted by Crippen LogP contribution is 2.46. The summed E-state index contributed by atoms with van der Waals surface area (Å²) in [6.45, 7) is 5.42. The van der Waals surface area contributed by atoms with E-state index in [0.29, 0.717) is 22.6 Å². The van der Waals surface area contributed by atoms with Gasteiger partial charge in [-0.25, -0.2) is 13.6 Å². The van der Waals surface area contributed by atoms with E-state index in [1.165, 1.54) is 12.3 Å².